The maximum absolute atomic E-state index is 14.4. The predicted octanol–water partition coefficient (Wildman–Crippen LogP) is 5.50. The van der Waals surface area contributed by atoms with E-state index in [0.29, 0.717) is 18.2 Å². The molecule has 4 aromatic rings. The van der Waals surface area contributed by atoms with Gasteiger partial charge in [-0.15, -0.1) is 0 Å². The fourth-order valence-electron chi connectivity index (χ4n) is 6.22. The van der Waals surface area contributed by atoms with E-state index in [1.807, 2.05) is 54.6 Å². The van der Waals surface area contributed by atoms with E-state index in [9.17, 15) is 4.79 Å². The van der Waals surface area contributed by atoms with Crippen molar-refractivity contribution in [2.75, 3.05) is 12.2 Å². The quantitative estimate of drug-likeness (QED) is 0.287. The SMILES string of the molecule is O=c1c2c(nc(NN=Cc3ccc4c(c3)OCO4)n1Cc1ccccc1)-c1ccccc1CC21CCCC1. The Hall–Kier alpha value is -4.39. The number of rotatable bonds is 5. The van der Waals surface area contributed by atoms with Gasteiger partial charge in [-0.2, -0.15) is 5.10 Å². The Bertz CT molecular complexity index is 1600. The number of nitrogens with one attached hydrogen (secondary N) is 1. The van der Waals surface area contributed by atoms with Gasteiger partial charge >= 0.3 is 0 Å². The normalized spacial score (nSPS) is 16.5. The molecule has 0 amide bonds. The van der Waals surface area contributed by atoms with E-state index < -0.39 is 0 Å². The third-order valence-electron chi connectivity index (χ3n) is 8.02. The first-order valence-corrected chi connectivity index (χ1v) is 13.2. The highest BCUT2D eigenvalue weighted by Crippen LogP contribution is 2.49. The average molecular weight is 505 g/mol. The van der Waals surface area contributed by atoms with Crippen LogP contribution in [0.25, 0.3) is 11.3 Å². The molecule has 3 aromatic carbocycles. The summed E-state index contributed by atoms with van der Waals surface area (Å²) in [5.74, 6) is 1.85. The van der Waals surface area contributed by atoms with Gasteiger partial charge in [-0.3, -0.25) is 9.36 Å². The highest BCUT2D eigenvalue weighted by atomic mass is 16.7. The zero-order chi connectivity index (χ0) is 25.5. The molecule has 1 spiro atoms. The monoisotopic (exact) mass is 504 g/mol. The van der Waals surface area contributed by atoms with Crippen molar-refractivity contribution in [2.45, 2.75) is 44.1 Å². The summed E-state index contributed by atoms with van der Waals surface area (Å²) in [4.78, 5) is 19.5. The van der Waals surface area contributed by atoms with Gasteiger partial charge in [0.05, 0.1) is 24.0 Å². The van der Waals surface area contributed by atoms with Crippen molar-refractivity contribution in [3.8, 4) is 22.8 Å². The Kier molecular flexibility index (Phi) is 5.50. The summed E-state index contributed by atoms with van der Waals surface area (Å²) in [5.41, 5.74) is 8.84. The van der Waals surface area contributed by atoms with Crippen molar-refractivity contribution in [3.05, 3.63) is 105 Å². The molecule has 1 aliphatic heterocycles. The smallest absolute Gasteiger partial charge is 0.259 e. The number of ether oxygens (including phenoxy) is 2. The predicted molar refractivity (Wildman–Crippen MR) is 147 cm³/mol. The van der Waals surface area contributed by atoms with Crippen LogP contribution in [0, 0.1) is 0 Å². The van der Waals surface area contributed by atoms with Crippen LogP contribution in [0.1, 0.15) is 47.9 Å². The Morgan fingerprint density at radius 2 is 1.76 bits per heavy atom. The van der Waals surface area contributed by atoms with E-state index in [0.717, 1.165) is 65.8 Å². The number of benzene rings is 3. The van der Waals surface area contributed by atoms with Gasteiger partial charge in [-0.1, -0.05) is 67.4 Å². The molecule has 0 unspecified atom stereocenters. The molecular formula is C31H28N4O3. The van der Waals surface area contributed by atoms with Crippen LogP contribution in [-0.2, 0) is 18.4 Å². The minimum Gasteiger partial charge on any atom is -0.454 e. The van der Waals surface area contributed by atoms with E-state index >= 15 is 0 Å². The van der Waals surface area contributed by atoms with Gasteiger partial charge in [0.2, 0.25) is 12.7 Å². The number of aromatic nitrogens is 2. The first-order valence-electron chi connectivity index (χ1n) is 13.2. The van der Waals surface area contributed by atoms with E-state index in [-0.39, 0.29) is 17.8 Å². The molecular weight excluding hydrogens is 476 g/mol. The average Bonchev–Trinajstić information content (AvgIpc) is 3.61. The maximum atomic E-state index is 14.4. The van der Waals surface area contributed by atoms with Crippen molar-refractivity contribution < 1.29 is 9.47 Å². The van der Waals surface area contributed by atoms with Crippen LogP contribution in [0.4, 0.5) is 5.95 Å². The molecule has 0 radical (unpaired) electrons. The first-order chi connectivity index (χ1) is 18.7. The van der Waals surface area contributed by atoms with E-state index in [1.165, 1.54) is 5.56 Å². The topological polar surface area (TPSA) is 77.7 Å². The molecule has 0 saturated heterocycles. The van der Waals surface area contributed by atoms with Crippen LogP contribution in [0.5, 0.6) is 11.5 Å². The zero-order valence-electron chi connectivity index (χ0n) is 21.0. The lowest BCUT2D eigenvalue weighted by molar-refractivity contribution is 0.174. The van der Waals surface area contributed by atoms with Gasteiger partial charge in [0.1, 0.15) is 0 Å². The number of nitrogens with zero attached hydrogens (tertiary/aromatic N) is 3. The molecule has 2 heterocycles. The van der Waals surface area contributed by atoms with Gasteiger partial charge in [0.15, 0.2) is 11.5 Å². The third kappa shape index (κ3) is 3.86. The van der Waals surface area contributed by atoms with E-state index in [4.69, 9.17) is 14.5 Å². The third-order valence-corrected chi connectivity index (χ3v) is 8.02. The highest BCUT2D eigenvalue weighted by Gasteiger charge is 2.44. The summed E-state index contributed by atoms with van der Waals surface area (Å²) in [6.45, 7) is 0.640. The number of hydrogen-bond acceptors (Lipinski definition) is 6. The summed E-state index contributed by atoms with van der Waals surface area (Å²) < 4.78 is 12.6. The van der Waals surface area contributed by atoms with Gasteiger partial charge in [0.25, 0.3) is 5.56 Å². The van der Waals surface area contributed by atoms with Crippen molar-refractivity contribution in [1.29, 1.82) is 0 Å². The zero-order valence-corrected chi connectivity index (χ0v) is 21.0. The molecule has 3 aliphatic rings. The molecule has 0 bridgehead atoms. The molecule has 2 aliphatic carbocycles. The number of anilines is 1. The second-order valence-corrected chi connectivity index (χ2v) is 10.3. The molecule has 7 rings (SSSR count). The molecule has 38 heavy (non-hydrogen) atoms. The summed E-state index contributed by atoms with van der Waals surface area (Å²) >= 11 is 0. The fourth-order valence-corrected chi connectivity index (χ4v) is 6.22. The van der Waals surface area contributed by atoms with Gasteiger partial charge in [-0.05, 0) is 54.2 Å². The lowest BCUT2D eigenvalue weighted by Gasteiger charge is -2.36. The lowest BCUT2D eigenvalue weighted by Crippen LogP contribution is -2.40. The molecule has 0 atom stereocenters. The van der Waals surface area contributed by atoms with Crippen LogP contribution in [0.2, 0.25) is 0 Å². The summed E-state index contributed by atoms with van der Waals surface area (Å²) in [6.07, 6.45) is 6.91. The fraction of sp³-hybridized carbons (Fsp3) is 0.258. The lowest BCUT2D eigenvalue weighted by atomic mass is 9.68. The molecule has 1 N–H and O–H groups in total. The summed E-state index contributed by atoms with van der Waals surface area (Å²) in [5, 5.41) is 4.48. The van der Waals surface area contributed by atoms with E-state index in [2.05, 4.69) is 28.7 Å². The Morgan fingerprint density at radius 3 is 2.63 bits per heavy atom. The number of hydrazone groups is 1. The minimum absolute atomic E-state index is 0.0241. The second kappa shape index (κ2) is 9.17. The number of hydrogen-bond donors (Lipinski definition) is 1. The molecule has 1 saturated carbocycles. The largest absolute Gasteiger partial charge is 0.454 e. The Morgan fingerprint density at radius 1 is 0.974 bits per heavy atom. The van der Waals surface area contributed by atoms with Crippen LogP contribution < -0.4 is 20.5 Å². The van der Waals surface area contributed by atoms with E-state index in [1.54, 1.807) is 10.8 Å². The van der Waals surface area contributed by atoms with Crippen LogP contribution >= 0.6 is 0 Å². The number of fused-ring (bicyclic) bond motifs is 5. The van der Waals surface area contributed by atoms with Crippen LogP contribution in [-0.4, -0.2) is 22.6 Å². The molecule has 1 aromatic heterocycles. The van der Waals surface area contributed by atoms with Crippen LogP contribution in [0.15, 0.2) is 82.7 Å². The Balaban J connectivity index is 1.34. The molecule has 7 nitrogen and oxygen atoms in total. The minimum atomic E-state index is -0.152. The summed E-state index contributed by atoms with van der Waals surface area (Å²) in [6, 6.07) is 24.1. The first kappa shape index (κ1) is 22.8. The highest BCUT2D eigenvalue weighted by molar-refractivity contribution is 5.81. The van der Waals surface area contributed by atoms with Crippen molar-refractivity contribution in [3.63, 3.8) is 0 Å². The van der Waals surface area contributed by atoms with Crippen molar-refractivity contribution in [1.82, 2.24) is 9.55 Å². The van der Waals surface area contributed by atoms with Crippen molar-refractivity contribution >= 4 is 12.2 Å². The molecule has 190 valence electrons. The van der Waals surface area contributed by atoms with Crippen LogP contribution in [0.3, 0.4) is 0 Å². The van der Waals surface area contributed by atoms with Crippen molar-refractivity contribution in [2.24, 2.45) is 5.10 Å². The Labute approximate surface area is 220 Å². The van der Waals surface area contributed by atoms with Gasteiger partial charge in [-0.25, -0.2) is 10.4 Å². The summed E-state index contributed by atoms with van der Waals surface area (Å²) in [7, 11) is 0. The second-order valence-electron chi connectivity index (χ2n) is 10.3. The molecule has 7 heteroatoms. The maximum Gasteiger partial charge on any atom is 0.259 e. The van der Waals surface area contributed by atoms with Gasteiger partial charge < -0.3 is 9.47 Å². The molecule has 1 fully saturated rings. The van der Waals surface area contributed by atoms with Gasteiger partial charge in [0, 0.05) is 11.0 Å². The standard InChI is InChI=1S/C31H28N4O3/c36-29-27-28(24-11-5-4-10-23(24)17-31(27)14-6-7-15-31)33-30(35(29)19-21-8-2-1-3-9-21)34-32-18-22-12-13-25-26(16-22)38-20-37-25/h1-5,8-13,16,18H,6-7,14-15,17,19-20H2,(H,33,34).